The highest BCUT2D eigenvalue weighted by Crippen LogP contribution is 2.42. The fourth-order valence-electron chi connectivity index (χ4n) is 2.10. The molecule has 1 aromatic carbocycles. The summed E-state index contributed by atoms with van der Waals surface area (Å²) in [6, 6.07) is 5.76. The van der Waals surface area contributed by atoms with Crippen molar-refractivity contribution in [2.45, 2.75) is 12.0 Å². The number of thiophene rings is 1. The van der Waals surface area contributed by atoms with Gasteiger partial charge in [-0.3, -0.25) is 9.59 Å². The second kappa shape index (κ2) is 7.92. The quantitative estimate of drug-likeness (QED) is 0.576. The molecule has 0 saturated carbocycles. The van der Waals surface area contributed by atoms with Gasteiger partial charge in [0.25, 0.3) is 0 Å². The minimum Gasteiger partial charge on any atom is -0.395 e. The van der Waals surface area contributed by atoms with Gasteiger partial charge >= 0.3 is 18.1 Å². The van der Waals surface area contributed by atoms with Crippen LogP contribution in [-0.2, 0) is 15.3 Å². The number of fused-ring (bicyclic) bond motifs is 1. The van der Waals surface area contributed by atoms with Crippen molar-refractivity contribution in [3.05, 3.63) is 40.6 Å². The molecule has 0 unspecified atom stereocenters. The number of nitrogens with one attached hydrogen (secondary N) is 2. The Bertz CT molecular complexity index is 800. The van der Waals surface area contributed by atoms with E-state index in [0.29, 0.717) is 12.3 Å². The van der Waals surface area contributed by atoms with Gasteiger partial charge in [0.15, 0.2) is 11.5 Å². The van der Waals surface area contributed by atoms with Gasteiger partial charge in [-0.1, -0.05) is 0 Å². The lowest BCUT2D eigenvalue weighted by Gasteiger charge is -2.07. The summed E-state index contributed by atoms with van der Waals surface area (Å²) in [7, 11) is 0. The van der Waals surface area contributed by atoms with Crippen molar-refractivity contribution in [1.29, 1.82) is 0 Å². The number of alkyl halides is 2. The standard InChI is InChI=1S/C16H14F2N2O4S2/c17-16(18)23-12-2-1-11(7-13(12)24-16)20-15(22)14(21)19-4-6-26-9-10-3-5-25-8-10/h1-3,5,7-8H,4,6,9H2,(H,19,21)(H,20,22). The number of carbonyl (C=O) groups excluding carboxylic acids is 2. The zero-order chi connectivity index (χ0) is 18.6. The van der Waals surface area contributed by atoms with E-state index in [2.05, 4.69) is 25.5 Å². The van der Waals surface area contributed by atoms with Gasteiger partial charge in [0, 0.05) is 29.8 Å². The fourth-order valence-corrected chi connectivity index (χ4v) is 3.68. The van der Waals surface area contributed by atoms with Gasteiger partial charge in [-0.05, 0) is 34.5 Å². The van der Waals surface area contributed by atoms with Crippen molar-refractivity contribution in [1.82, 2.24) is 5.32 Å². The van der Waals surface area contributed by atoms with E-state index >= 15 is 0 Å². The van der Waals surface area contributed by atoms with Gasteiger partial charge in [-0.25, -0.2) is 0 Å². The molecule has 2 N–H and O–H groups in total. The normalized spacial score (nSPS) is 14.1. The number of halogens is 2. The third kappa shape index (κ3) is 4.85. The summed E-state index contributed by atoms with van der Waals surface area (Å²) in [6.07, 6.45) is -3.73. The summed E-state index contributed by atoms with van der Waals surface area (Å²) < 4.78 is 34.5. The highest BCUT2D eigenvalue weighted by molar-refractivity contribution is 7.98. The first kappa shape index (κ1) is 18.5. The SMILES string of the molecule is O=C(NCCSCc1ccsc1)C(=O)Nc1ccc2c(c1)OC(F)(F)O2. The number of rotatable bonds is 6. The van der Waals surface area contributed by atoms with E-state index in [1.54, 1.807) is 23.1 Å². The first-order valence-corrected chi connectivity index (χ1v) is 9.60. The molecule has 2 amide bonds. The van der Waals surface area contributed by atoms with E-state index in [1.165, 1.54) is 17.7 Å². The zero-order valence-electron chi connectivity index (χ0n) is 13.3. The predicted octanol–water partition coefficient (Wildman–Crippen LogP) is 3.06. The molecule has 26 heavy (non-hydrogen) atoms. The first-order chi connectivity index (χ1) is 12.4. The molecule has 0 fully saturated rings. The van der Waals surface area contributed by atoms with Gasteiger partial charge in [-0.2, -0.15) is 23.1 Å². The van der Waals surface area contributed by atoms with Gasteiger partial charge in [0.05, 0.1) is 0 Å². The summed E-state index contributed by atoms with van der Waals surface area (Å²) in [5, 5.41) is 8.88. The molecular formula is C16H14F2N2O4S2. The number of thioether (sulfide) groups is 1. The Kier molecular flexibility index (Phi) is 5.62. The molecule has 0 atom stereocenters. The van der Waals surface area contributed by atoms with Crippen LogP contribution in [0.15, 0.2) is 35.0 Å². The lowest BCUT2D eigenvalue weighted by atomic mass is 10.2. The van der Waals surface area contributed by atoms with Crippen LogP contribution in [0.25, 0.3) is 0 Å². The summed E-state index contributed by atoms with van der Waals surface area (Å²) >= 11 is 3.27. The van der Waals surface area contributed by atoms with E-state index < -0.39 is 18.1 Å². The Labute approximate surface area is 155 Å². The Morgan fingerprint density at radius 3 is 2.73 bits per heavy atom. The smallest absolute Gasteiger partial charge is 0.395 e. The maximum absolute atomic E-state index is 13.0. The third-order valence-electron chi connectivity index (χ3n) is 3.25. The molecule has 3 rings (SSSR count). The molecule has 1 aromatic heterocycles. The zero-order valence-corrected chi connectivity index (χ0v) is 14.9. The van der Waals surface area contributed by atoms with Gasteiger partial charge in [0.2, 0.25) is 0 Å². The van der Waals surface area contributed by atoms with Crippen molar-refractivity contribution in [2.24, 2.45) is 0 Å². The molecule has 0 radical (unpaired) electrons. The second-order valence-electron chi connectivity index (χ2n) is 5.22. The molecule has 10 heteroatoms. The minimum absolute atomic E-state index is 0.139. The highest BCUT2D eigenvalue weighted by Gasteiger charge is 2.43. The van der Waals surface area contributed by atoms with Crippen LogP contribution >= 0.6 is 23.1 Å². The van der Waals surface area contributed by atoms with Gasteiger partial charge in [0.1, 0.15) is 0 Å². The number of anilines is 1. The second-order valence-corrected chi connectivity index (χ2v) is 7.11. The van der Waals surface area contributed by atoms with Crippen molar-refractivity contribution in [3.63, 3.8) is 0 Å². The molecule has 2 heterocycles. The average Bonchev–Trinajstić information content (AvgIpc) is 3.19. The lowest BCUT2D eigenvalue weighted by molar-refractivity contribution is -0.286. The molecule has 1 aliphatic rings. The number of amides is 2. The topological polar surface area (TPSA) is 76.7 Å². The van der Waals surface area contributed by atoms with Crippen molar-refractivity contribution >= 4 is 40.6 Å². The van der Waals surface area contributed by atoms with Crippen LogP contribution in [0.2, 0.25) is 0 Å². The Morgan fingerprint density at radius 2 is 1.96 bits per heavy atom. The summed E-state index contributed by atoms with van der Waals surface area (Å²) in [5.74, 6) is -0.540. The number of hydrogen-bond donors (Lipinski definition) is 2. The molecule has 0 bridgehead atoms. The maximum Gasteiger partial charge on any atom is 0.586 e. The van der Waals surface area contributed by atoms with Crippen molar-refractivity contribution in [2.75, 3.05) is 17.6 Å². The van der Waals surface area contributed by atoms with Crippen LogP contribution in [0.5, 0.6) is 11.5 Å². The van der Waals surface area contributed by atoms with Gasteiger partial charge < -0.3 is 20.1 Å². The molecule has 2 aromatic rings. The lowest BCUT2D eigenvalue weighted by Crippen LogP contribution is -2.36. The minimum atomic E-state index is -3.73. The molecule has 1 aliphatic heterocycles. The molecule has 6 nitrogen and oxygen atoms in total. The Morgan fingerprint density at radius 1 is 1.15 bits per heavy atom. The largest absolute Gasteiger partial charge is 0.586 e. The first-order valence-electron chi connectivity index (χ1n) is 7.51. The maximum atomic E-state index is 13.0. The third-order valence-corrected chi connectivity index (χ3v) is 5.01. The highest BCUT2D eigenvalue weighted by atomic mass is 32.2. The monoisotopic (exact) mass is 400 g/mol. The van der Waals surface area contributed by atoms with E-state index in [0.717, 1.165) is 11.8 Å². The summed E-state index contributed by atoms with van der Waals surface area (Å²) in [6.45, 7) is 0.342. The van der Waals surface area contributed by atoms with E-state index in [9.17, 15) is 18.4 Å². The van der Waals surface area contributed by atoms with Crippen LogP contribution in [0, 0.1) is 0 Å². The van der Waals surface area contributed by atoms with Gasteiger partial charge in [-0.15, -0.1) is 8.78 Å². The van der Waals surface area contributed by atoms with Crippen LogP contribution in [-0.4, -0.2) is 30.4 Å². The molecule has 138 valence electrons. The van der Waals surface area contributed by atoms with Crippen LogP contribution < -0.4 is 20.1 Å². The van der Waals surface area contributed by atoms with Crippen molar-refractivity contribution in [3.8, 4) is 11.5 Å². The summed E-state index contributed by atoms with van der Waals surface area (Å²) in [4.78, 5) is 23.6. The van der Waals surface area contributed by atoms with Crippen molar-refractivity contribution < 1.29 is 27.8 Å². The molecule has 0 spiro atoms. The number of benzene rings is 1. The Hall–Kier alpha value is -2.33. The van der Waals surface area contributed by atoms with E-state index in [4.69, 9.17) is 0 Å². The molecule has 0 aliphatic carbocycles. The average molecular weight is 400 g/mol. The summed E-state index contributed by atoms with van der Waals surface area (Å²) in [5.41, 5.74) is 1.37. The van der Waals surface area contributed by atoms with Crippen LogP contribution in [0.1, 0.15) is 5.56 Å². The fraction of sp³-hybridized carbons (Fsp3) is 0.250. The van der Waals surface area contributed by atoms with E-state index in [-0.39, 0.29) is 17.2 Å². The molecular weight excluding hydrogens is 386 g/mol. The Balaban J connectivity index is 1.41. The predicted molar refractivity (Wildman–Crippen MR) is 94.8 cm³/mol. The van der Waals surface area contributed by atoms with E-state index in [1.807, 2.05) is 11.4 Å². The number of ether oxygens (including phenoxy) is 2. The molecule has 0 saturated heterocycles. The van der Waals surface area contributed by atoms with Crippen LogP contribution in [0.3, 0.4) is 0 Å². The number of carbonyl (C=O) groups is 2. The number of hydrogen-bond acceptors (Lipinski definition) is 6. The van der Waals surface area contributed by atoms with Crippen LogP contribution in [0.4, 0.5) is 14.5 Å².